The second-order valence-corrected chi connectivity index (χ2v) is 4.55. The van der Waals surface area contributed by atoms with E-state index in [9.17, 15) is 0 Å². The lowest BCUT2D eigenvalue weighted by molar-refractivity contribution is 0.668. The first-order chi connectivity index (χ1) is 7.45. The molecule has 0 atom stereocenters. The van der Waals surface area contributed by atoms with Crippen LogP contribution in [0.25, 0.3) is 0 Å². The van der Waals surface area contributed by atoms with Crippen molar-refractivity contribution in [3.05, 3.63) is 29.3 Å². The van der Waals surface area contributed by atoms with Crippen molar-refractivity contribution in [1.29, 1.82) is 0 Å². The summed E-state index contributed by atoms with van der Waals surface area (Å²) in [5.74, 6) is 0. The third-order valence-electron chi connectivity index (χ3n) is 3.52. The van der Waals surface area contributed by atoms with E-state index in [1.54, 1.807) is 11.3 Å². The van der Waals surface area contributed by atoms with Crippen molar-refractivity contribution in [2.45, 2.75) is 25.8 Å². The van der Waals surface area contributed by atoms with Gasteiger partial charge in [-0.1, -0.05) is 18.2 Å². The Kier molecular flexibility index (Phi) is 2.37. The monoisotopic (exact) mass is 202 g/mol. The Balaban J connectivity index is 2.11. The lowest BCUT2D eigenvalue weighted by Gasteiger charge is -2.24. The van der Waals surface area contributed by atoms with Crippen LogP contribution in [0.2, 0.25) is 0 Å². The number of nitrogens with one attached hydrogen (secondary N) is 1. The van der Waals surface area contributed by atoms with Gasteiger partial charge >= 0.3 is 0 Å². The third-order valence-corrected chi connectivity index (χ3v) is 3.52. The number of aryl methyl sites for hydroxylation is 1. The highest BCUT2D eigenvalue weighted by Crippen LogP contribution is 2.30. The molecule has 80 valence electrons. The van der Waals surface area contributed by atoms with Crippen LogP contribution in [0.5, 0.6) is 0 Å². The molecule has 3 rings (SSSR count). The van der Waals surface area contributed by atoms with Crippen molar-refractivity contribution in [3.63, 3.8) is 0 Å². The summed E-state index contributed by atoms with van der Waals surface area (Å²) in [5.41, 5.74) is 4.60. The van der Waals surface area contributed by atoms with Gasteiger partial charge in [0.15, 0.2) is 0 Å². The average molecular weight is 202 g/mol. The highest BCUT2D eigenvalue weighted by molar-refractivity contribution is 5.61. The Labute approximate surface area is 91.3 Å². The molecule has 2 nitrogen and oxygen atoms in total. The van der Waals surface area contributed by atoms with Crippen LogP contribution < -0.4 is 10.2 Å². The molecule has 0 spiro atoms. The highest BCUT2D eigenvalue weighted by Gasteiger charge is 2.19. The molecule has 0 saturated heterocycles. The summed E-state index contributed by atoms with van der Waals surface area (Å²) in [6, 6.07) is 6.79. The largest absolute Gasteiger partial charge is 0.370 e. The molecule has 0 fully saturated rings. The molecule has 2 aliphatic rings. The molecule has 0 unspecified atom stereocenters. The molecule has 2 heterocycles. The minimum atomic E-state index is 1.04. The van der Waals surface area contributed by atoms with E-state index in [2.05, 4.69) is 28.4 Å². The normalized spacial score (nSPS) is 20.4. The molecule has 0 bridgehead atoms. The zero-order chi connectivity index (χ0) is 10.1. The third kappa shape index (κ3) is 1.63. The van der Waals surface area contributed by atoms with Gasteiger partial charge in [-0.05, 0) is 30.4 Å². The first-order valence-electron chi connectivity index (χ1n) is 6.01. The lowest BCUT2D eigenvalue weighted by Crippen LogP contribution is -2.29. The molecule has 2 heteroatoms. The number of para-hydroxylation sites is 1. The van der Waals surface area contributed by atoms with Crippen LogP contribution in [0.4, 0.5) is 5.69 Å². The van der Waals surface area contributed by atoms with Crippen LogP contribution in [0, 0.1) is 0 Å². The fourth-order valence-electron chi connectivity index (χ4n) is 2.79. The second-order valence-electron chi connectivity index (χ2n) is 4.55. The number of hydrogen-bond acceptors (Lipinski definition) is 2. The molecule has 0 aromatic heterocycles. The summed E-state index contributed by atoms with van der Waals surface area (Å²) in [6.07, 6.45) is 3.95. The van der Waals surface area contributed by atoms with Gasteiger partial charge in [0.25, 0.3) is 0 Å². The van der Waals surface area contributed by atoms with Crippen LogP contribution in [0.1, 0.15) is 24.0 Å². The molecule has 2 aliphatic heterocycles. The predicted molar refractivity (Wildman–Crippen MR) is 63.3 cm³/mol. The van der Waals surface area contributed by atoms with Crippen molar-refractivity contribution in [3.8, 4) is 0 Å². The first kappa shape index (κ1) is 9.22. The molecule has 15 heavy (non-hydrogen) atoms. The van der Waals surface area contributed by atoms with E-state index in [1.165, 1.54) is 37.9 Å². The maximum Gasteiger partial charge on any atom is 0.0444 e. The number of rotatable bonds is 0. The Hall–Kier alpha value is -1.02. The summed E-state index contributed by atoms with van der Waals surface area (Å²) in [4.78, 5) is 2.58. The number of anilines is 1. The van der Waals surface area contributed by atoms with Crippen molar-refractivity contribution < 1.29 is 0 Å². The molecule has 0 radical (unpaired) electrons. The fourth-order valence-corrected chi connectivity index (χ4v) is 2.79. The average Bonchev–Trinajstić information content (AvgIpc) is 2.58. The summed E-state index contributed by atoms with van der Waals surface area (Å²) >= 11 is 0. The maximum absolute atomic E-state index is 3.50. The quantitative estimate of drug-likeness (QED) is 0.691. The molecular formula is C13H18N2. The Bertz CT molecular complexity index is 329. The smallest absolute Gasteiger partial charge is 0.0444 e. The van der Waals surface area contributed by atoms with Gasteiger partial charge in [0.05, 0.1) is 0 Å². The van der Waals surface area contributed by atoms with E-state index in [4.69, 9.17) is 0 Å². The number of hydrogen-bond donors (Lipinski definition) is 1. The van der Waals surface area contributed by atoms with Gasteiger partial charge in [-0.3, -0.25) is 0 Å². The summed E-state index contributed by atoms with van der Waals surface area (Å²) in [5, 5.41) is 3.50. The van der Waals surface area contributed by atoms with Gasteiger partial charge in [0.2, 0.25) is 0 Å². The van der Waals surface area contributed by atoms with Crippen molar-refractivity contribution in [2.75, 3.05) is 24.5 Å². The molecule has 0 aliphatic carbocycles. The van der Waals surface area contributed by atoms with Crippen molar-refractivity contribution in [1.82, 2.24) is 5.32 Å². The first-order valence-corrected chi connectivity index (χ1v) is 6.01. The van der Waals surface area contributed by atoms with Crippen molar-refractivity contribution in [2.24, 2.45) is 0 Å². The summed E-state index contributed by atoms with van der Waals surface area (Å²) in [7, 11) is 0. The van der Waals surface area contributed by atoms with E-state index in [0.29, 0.717) is 0 Å². The zero-order valence-electron chi connectivity index (χ0n) is 9.13. The van der Waals surface area contributed by atoms with Gasteiger partial charge in [-0.25, -0.2) is 0 Å². The Morgan fingerprint density at radius 2 is 2.00 bits per heavy atom. The Morgan fingerprint density at radius 1 is 1.07 bits per heavy atom. The van der Waals surface area contributed by atoms with Gasteiger partial charge in [0, 0.05) is 31.9 Å². The second kappa shape index (κ2) is 3.86. The van der Waals surface area contributed by atoms with Crippen LogP contribution >= 0.6 is 0 Å². The van der Waals surface area contributed by atoms with E-state index in [0.717, 1.165) is 13.1 Å². The maximum atomic E-state index is 3.50. The van der Waals surface area contributed by atoms with Crippen molar-refractivity contribution >= 4 is 5.69 Å². The minimum absolute atomic E-state index is 1.04. The SMILES string of the molecule is c1cc2c3c(c1)CNCCN3CCCC2. The molecular weight excluding hydrogens is 184 g/mol. The van der Waals surface area contributed by atoms with E-state index >= 15 is 0 Å². The lowest BCUT2D eigenvalue weighted by atomic mass is 10.0. The van der Waals surface area contributed by atoms with Crippen LogP contribution in [0.3, 0.4) is 0 Å². The van der Waals surface area contributed by atoms with Gasteiger partial charge in [0.1, 0.15) is 0 Å². The topological polar surface area (TPSA) is 15.3 Å². The molecule has 0 amide bonds. The van der Waals surface area contributed by atoms with Crippen LogP contribution in [0.15, 0.2) is 18.2 Å². The van der Waals surface area contributed by atoms with Gasteiger partial charge in [-0.2, -0.15) is 0 Å². The van der Waals surface area contributed by atoms with Gasteiger partial charge < -0.3 is 10.2 Å². The summed E-state index contributed by atoms with van der Waals surface area (Å²) in [6.45, 7) is 4.57. The molecule has 1 N–H and O–H groups in total. The number of benzene rings is 1. The van der Waals surface area contributed by atoms with Crippen LogP contribution in [-0.2, 0) is 13.0 Å². The van der Waals surface area contributed by atoms with E-state index in [1.807, 2.05) is 0 Å². The molecule has 0 saturated carbocycles. The van der Waals surface area contributed by atoms with E-state index in [-0.39, 0.29) is 0 Å². The number of nitrogens with zero attached hydrogens (tertiary/aromatic N) is 1. The summed E-state index contributed by atoms with van der Waals surface area (Å²) < 4.78 is 0. The molecule has 1 aromatic rings. The van der Waals surface area contributed by atoms with E-state index < -0.39 is 0 Å². The highest BCUT2D eigenvalue weighted by atomic mass is 15.2. The van der Waals surface area contributed by atoms with Gasteiger partial charge in [-0.15, -0.1) is 0 Å². The predicted octanol–water partition coefficient (Wildman–Crippen LogP) is 1.93. The fraction of sp³-hybridized carbons (Fsp3) is 0.538. The Morgan fingerprint density at radius 3 is 3.00 bits per heavy atom. The minimum Gasteiger partial charge on any atom is -0.370 e. The van der Waals surface area contributed by atoms with Crippen LogP contribution in [-0.4, -0.2) is 19.6 Å². The standard InChI is InChI=1S/C13H18N2/c1-2-8-15-9-7-14-10-12-6-3-5-11(4-1)13(12)15/h3,5-6,14H,1-2,4,7-10H2. The molecule has 1 aromatic carbocycles. The zero-order valence-corrected chi connectivity index (χ0v) is 9.13.